The summed E-state index contributed by atoms with van der Waals surface area (Å²) in [5, 5.41) is 11.5. The van der Waals surface area contributed by atoms with Crippen LogP contribution in [0.4, 0.5) is 19.0 Å². The van der Waals surface area contributed by atoms with Gasteiger partial charge in [0.1, 0.15) is 35.7 Å². The van der Waals surface area contributed by atoms with Gasteiger partial charge in [-0.3, -0.25) is 4.90 Å². The number of terminal acetylenes is 1. The average molecular weight is 623 g/mol. The molecule has 7 rings (SSSR count). The van der Waals surface area contributed by atoms with Crippen LogP contribution in [-0.2, 0) is 9.84 Å². The molecule has 1 N–H and O–H groups in total. The molecule has 12 heteroatoms. The quantitative estimate of drug-likeness (QED) is 0.323. The fourth-order valence-corrected chi connectivity index (χ4v) is 8.19. The van der Waals surface area contributed by atoms with Gasteiger partial charge in [0, 0.05) is 42.4 Å². The first-order chi connectivity index (χ1) is 21.1. The van der Waals surface area contributed by atoms with E-state index in [1.165, 1.54) is 30.3 Å². The van der Waals surface area contributed by atoms with Crippen LogP contribution in [-0.4, -0.2) is 84.4 Å². The maximum Gasteiger partial charge on any atom is 0.319 e. The molecule has 0 radical (unpaired) electrons. The van der Waals surface area contributed by atoms with Crippen LogP contribution in [0, 0.1) is 24.0 Å². The van der Waals surface area contributed by atoms with E-state index >= 15 is 4.39 Å². The zero-order chi connectivity index (χ0) is 30.8. The van der Waals surface area contributed by atoms with Crippen molar-refractivity contribution in [1.82, 2.24) is 14.9 Å². The Morgan fingerprint density at radius 1 is 1.09 bits per heavy atom. The molecule has 0 aliphatic carbocycles. The molecule has 0 saturated carbocycles. The molecule has 3 fully saturated rings. The zero-order valence-electron chi connectivity index (χ0n) is 23.7. The Morgan fingerprint density at radius 3 is 2.66 bits per heavy atom. The van der Waals surface area contributed by atoms with Crippen molar-refractivity contribution in [3.63, 3.8) is 0 Å². The van der Waals surface area contributed by atoms with Crippen molar-refractivity contribution < 1.29 is 31.4 Å². The summed E-state index contributed by atoms with van der Waals surface area (Å²) in [7, 11) is -3.21. The highest BCUT2D eigenvalue weighted by molar-refractivity contribution is 7.91. The Morgan fingerprint density at radius 2 is 1.89 bits per heavy atom. The minimum atomic E-state index is -3.21. The number of hydrogen-bond acceptors (Lipinski definition) is 8. The fourth-order valence-electron chi connectivity index (χ4n) is 6.99. The van der Waals surface area contributed by atoms with Crippen molar-refractivity contribution >= 4 is 37.3 Å². The summed E-state index contributed by atoms with van der Waals surface area (Å²) in [6, 6.07) is 8.38. The van der Waals surface area contributed by atoms with E-state index in [0.717, 1.165) is 19.4 Å². The number of nitrogens with zero attached hydrogens (tertiary/aromatic N) is 4. The Balaban J connectivity index is 1.38. The topological polar surface area (TPSA) is 95.9 Å². The van der Waals surface area contributed by atoms with E-state index in [1.807, 2.05) is 0 Å². The van der Waals surface area contributed by atoms with Gasteiger partial charge in [0.05, 0.1) is 22.6 Å². The molecule has 0 spiro atoms. The van der Waals surface area contributed by atoms with Crippen molar-refractivity contribution in [3.8, 4) is 35.2 Å². The van der Waals surface area contributed by atoms with Crippen LogP contribution in [0.5, 0.6) is 11.8 Å². The normalized spacial score (nSPS) is 23.2. The monoisotopic (exact) mass is 622 g/mol. The van der Waals surface area contributed by atoms with Crippen molar-refractivity contribution in [2.45, 2.75) is 31.0 Å². The average Bonchev–Trinajstić information content (AvgIpc) is 3.51. The molecule has 44 heavy (non-hydrogen) atoms. The predicted molar refractivity (Wildman–Crippen MR) is 161 cm³/mol. The van der Waals surface area contributed by atoms with Gasteiger partial charge in [-0.05, 0) is 54.6 Å². The van der Waals surface area contributed by atoms with E-state index in [4.69, 9.17) is 11.2 Å². The van der Waals surface area contributed by atoms with Crippen molar-refractivity contribution in [3.05, 3.63) is 53.6 Å². The Kier molecular flexibility index (Phi) is 6.86. The molecule has 3 aromatic carbocycles. The summed E-state index contributed by atoms with van der Waals surface area (Å²) in [5.41, 5.74) is -0.454. The van der Waals surface area contributed by atoms with E-state index < -0.39 is 33.2 Å². The van der Waals surface area contributed by atoms with Crippen LogP contribution in [0.1, 0.15) is 24.8 Å². The highest BCUT2D eigenvalue weighted by Crippen LogP contribution is 2.42. The summed E-state index contributed by atoms with van der Waals surface area (Å²) in [6.45, 7) is 1.54. The van der Waals surface area contributed by atoms with Gasteiger partial charge < -0.3 is 14.7 Å². The summed E-state index contributed by atoms with van der Waals surface area (Å²) in [6.07, 6.45) is 6.68. The number of halogens is 3. The summed E-state index contributed by atoms with van der Waals surface area (Å²) in [5.74, 6) is 0.907. The molecule has 0 unspecified atom stereocenters. The molecule has 8 nitrogen and oxygen atoms in total. The second-order valence-corrected chi connectivity index (χ2v) is 14.1. The minimum Gasteiger partial charge on any atom is -0.508 e. The van der Waals surface area contributed by atoms with E-state index in [9.17, 15) is 22.3 Å². The highest BCUT2D eigenvalue weighted by Gasteiger charge is 2.49. The lowest BCUT2D eigenvalue weighted by molar-refractivity contribution is 0.107. The third-order valence-corrected chi connectivity index (χ3v) is 10.7. The van der Waals surface area contributed by atoms with Gasteiger partial charge in [-0.2, -0.15) is 9.97 Å². The molecule has 1 aromatic heterocycles. The molecule has 4 aromatic rings. The Labute approximate surface area is 252 Å². The fraction of sp³-hybridized carbons (Fsp3) is 0.375. The van der Waals surface area contributed by atoms with Crippen LogP contribution in [0.15, 0.2) is 36.4 Å². The minimum absolute atomic E-state index is 0.0222. The van der Waals surface area contributed by atoms with Gasteiger partial charge in [-0.25, -0.2) is 21.6 Å². The van der Waals surface area contributed by atoms with Crippen LogP contribution in [0.3, 0.4) is 0 Å². The number of alkyl halides is 1. The van der Waals surface area contributed by atoms with Gasteiger partial charge in [-0.15, -0.1) is 6.42 Å². The number of phenolic OH excluding ortho intramolecular Hbond substituents is 1. The van der Waals surface area contributed by atoms with Crippen LogP contribution in [0.25, 0.3) is 32.8 Å². The van der Waals surface area contributed by atoms with E-state index in [0.29, 0.717) is 29.6 Å². The lowest BCUT2D eigenvalue weighted by Crippen LogP contribution is -2.43. The molecular weight excluding hydrogens is 593 g/mol. The number of anilines is 1. The molecule has 0 bridgehead atoms. The molecule has 228 valence electrons. The first-order valence-electron chi connectivity index (χ1n) is 14.5. The molecule has 3 aliphatic heterocycles. The van der Waals surface area contributed by atoms with Crippen LogP contribution < -0.4 is 9.64 Å². The van der Waals surface area contributed by atoms with Gasteiger partial charge in [0.15, 0.2) is 15.7 Å². The van der Waals surface area contributed by atoms with Gasteiger partial charge in [0.25, 0.3) is 0 Å². The van der Waals surface area contributed by atoms with E-state index in [1.54, 1.807) is 11.0 Å². The number of aromatic nitrogens is 2. The molecule has 4 heterocycles. The predicted octanol–water partition coefficient (Wildman–Crippen LogP) is 4.61. The SMILES string of the molecule is C#Cc1c(F)ccc2cc(O)cc(-c3ccc4c(N5CCS(=O)(=O)CC5)nc(OC[C@@]56CCCN5C[C@H](F)C6)nc4c3F)c12. The van der Waals surface area contributed by atoms with Gasteiger partial charge in [-0.1, -0.05) is 18.1 Å². The summed E-state index contributed by atoms with van der Waals surface area (Å²) in [4.78, 5) is 12.9. The smallest absolute Gasteiger partial charge is 0.319 e. The number of ether oxygens (including phenoxy) is 1. The number of phenols is 1. The second kappa shape index (κ2) is 10.5. The maximum absolute atomic E-state index is 16.7. The van der Waals surface area contributed by atoms with E-state index in [-0.39, 0.29) is 70.6 Å². The lowest BCUT2D eigenvalue weighted by atomic mass is 9.93. The standard InChI is InChI=1S/C32H29F3N4O4S/c1-2-22-26(34)7-4-19-14-21(40)15-25(27(19)22)23-5-6-24-29(28(23)35)36-31(37-30(24)38-10-12-44(41,42)13-11-38)43-18-32-8-3-9-39(32)17-20(33)16-32/h1,4-7,14-15,20,40H,3,8-13,16-18H2/t20-,32+/m1/s1. The first-order valence-corrected chi connectivity index (χ1v) is 16.3. The summed E-state index contributed by atoms with van der Waals surface area (Å²) < 4.78 is 76.2. The molecule has 3 aliphatic rings. The van der Waals surface area contributed by atoms with Gasteiger partial charge in [0.2, 0.25) is 0 Å². The van der Waals surface area contributed by atoms with Crippen LogP contribution in [0.2, 0.25) is 0 Å². The number of sulfone groups is 1. The third kappa shape index (κ3) is 4.79. The number of aromatic hydroxyl groups is 1. The number of rotatable bonds is 5. The first kappa shape index (κ1) is 28.7. The van der Waals surface area contributed by atoms with Crippen LogP contribution >= 0.6 is 0 Å². The number of hydrogen-bond donors (Lipinski definition) is 1. The third-order valence-electron chi connectivity index (χ3n) is 9.13. The van der Waals surface area contributed by atoms with Gasteiger partial charge >= 0.3 is 6.01 Å². The number of benzene rings is 3. The summed E-state index contributed by atoms with van der Waals surface area (Å²) >= 11 is 0. The van der Waals surface area contributed by atoms with E-state index in [2.05, 4.69) is 20.8 Å². The zero-order valence-corrected chi connectivity index (χ0v) is 24.5. The maximum atomic E-state index is 16.7. The second-order valence-electron chi connectivity index (χ2n) is 11.8. The van der Waals surface area contributed by atoms with Crippen molar-refractivity contribution in [2.24, 2.45) is 0 Å². The highest BCUT2D eigenvalue weighted by atomic mass is 32.2. The molecular formula is C32H29F3N4O4S. The molecule has 3 saturated heterocycles. The Hall–Kier alpha value is -4.08. The van der Waals surface area contributed by atoms with Crippen molar-refractivity contribution in [1.29, 1.82) is 0 Å². The van der Waals surface area contributed by atoms with Crippen molar-refractivity contribution in [2.75, 3.05) is 49.2 Å². The molecule has 2 atom stereocenters. The lowest BCUT2D eigenvalue weighted by Gasteiger charge is -2.31. The largest absolute Gasteiger partial charge is 0.508 e. The Bertz CT molecular complexity index is 1970. The molecule has 0 amide bonds. The number of fused-ring (bicyclic) bond motifs is 3.